The lowest BCUT2D eigenvalue weighted by Gasteiger charge is -2.02. The molecule has 1 aromatic heterocycles. The maximum Gasteiger partial charge on any atom is 0.164 e. The quantitative estimate of drug-likeness (QED) is 0.848. The van der Waals surface area contributed by atoms with E-state index in [2.05, 4.69) is 46.6 Å². The molecule has 4 nitrogen and oxygen atoms in total. The molecule has 0 saturated heterocycles. The van der Waals surface area contributed by atoms with Gasteiger partial charge in [0.2, 0.25) is 0 Å². The minimum Gasteiger partial charge on any atom is -0.313 e. The number of nitrogens with zero attached hydrogens (tertiary/aromatic N) is 3. The second kappa shape index (κ2) is 5.59. The molecule has 0 saturated carbocycles. The molecule has 0 radical (unpaired) electrons. The van der Waals surface area contributed by atoms with Crippen LogP contribution in [0.25, 0.3) is 0 Å². The maximum absolute atomic E-state index is 4.38. The van der Waals surface area contributed by atoms with Crippen LogP contribution in [0.1, 0.15) is 23.9 Å². The number of nitrogens with one attached hydrogen (secondary N) is 1. The molecule has 4 heteroatoms. The molecule has 2 aromatic rings. The molecule has 1 N–H and O–H groups in total. The second-order valence-electron chi connectivity index (χ2n) is 4.06. The van der Waals surface area contributed by atoms with Crippen LogP contribution in [-0.2, 0) is 19.5 Å². The monoisotopic (exact) mass is 230 g/mol. The lowest BCUT2D eigenvalue weighted by molar-refractivity contribution is 0.658. The third kappa shape index (κ3) is 3.14. The van der Waals surface area contributed by atoms with Crippen molar-refractivity contribution in [1.82, 2.24) is 20.1 Å². The number of rotatable bonds is 5. The summed E-state index contributed by atoms with van der Waals surface area (Å²) >= 11 is 0. The fourth-order valence-electron chi connectivity index (χ4n) is 1.72. The van der Waals surface area contributed by atoms with Gasteiger partial charge in [-0.3, -0.25) is 0 Å². The fourth-order valence-corrected chi connectivity index (χ4v) is 1.72. The molecule has 90 valence electrons. The Morgan fingerprint density at radius 1 is 1.18 bits per heavy atom. The number of aromatic nitrogens is 3. The van der Waals surface area contributed by atoms with Crippen LogP contribution in [0.5, 0.6) is 0 Å². The van der Waals surface area contributed by atoms with Gasteiger partial charge in [-0.05, 0) is 24.6 Å². The van der Waals surface area contributed by atoms with Crippen molar-refractivity contribution in [2.75, 3.05) is 7.05 Å². The highest BCUT2D eigenvalue weighted by Crippen LogP contribution is 2.06. The molecule has 0 fully saturated rings. The van der Waals surface area contributed by atoms with Crippen LogP contribution in [0.15, 0.2) is 30.6 Å². The van der Waals surface area contributed by atoms with Crippen molar-refractivity contribution in [2.45, 2.75) is 26.4 Å². The smallest absolute Gasteiger partial charge is 0.164 e. The first-order valence-electron chi connectivity index (χ1n) is 5.92. The van der Waals surface area contributed by atoms with Gasteiger partial charge in [-0.15, -0.1) is 0 Å². The molecule has 0 atom stereocenters. The Bertz CT molecular complexity index is 459. The van der Waals surface area contributed by atoms with Crippen molar-refractivity contribution >= 4 is 0 Å². The van der Waals surface area contributed by atoms with Gasteiger partial charge in [0.1, 0.15) is 6.33 Å². The Morgan fingerprint density at radius 2 is 1.88 bits per heavy atom. The summed E-state index contributed by atoms with van der Waals surface area (Å²) in [5, 5.41) is 7.42. The molecule has 1 heterocycles. The predicted molar refractivity (Wildman–Crippen MR) is 67.7 cm³/mol. The Hall–Kier alpha value is -1.68. The molecule has 0 spiro atoms. The van der Waals surface area contributed by atoms with E-state index in [-0.39, 0.29) is 0 Å². The molecule has 0 bridgehead atoms. The molecule has 1 aromatic carbocycles. The van der Waals surface area contributed by atoms with Crippen molar-refractivity contribution < 1.29 is 0 Å². The zero-order valence-electron chi connectivity index (χ0n) is 10.3. The molecular formula is C13H18N4. The van der Waals surface area contributed by atoms with Crippen LogP contribution in [0.3, 0.4) is 0 Å². The van der Waals surface area contributed by atoms with Gasteiger partial charge >= 0.3 is 0 Å². The van der Waals surface area contributed by atoms with Gasteiger partial charge in [0, 0.05) is 0 Å². The lowest BCUT2D eigenvalue weighted by atomic mass is 10.1. The first kappa shape index (κ1) is 11.8. The van der Waals surface area contributed by atoms with Gasteiger partial charge in [-0.2, -0.15) is 5.10 Å². The summed E-state index contributed by atoms with van der Waals surface area (Å²) in [5.41, 5.74) is 2.62. The fraction of sp³-hybridized carbons (Fsp3) is 0.385. The third-order valence-corrected chi connectivity index (χ3v) is 2.69. The Kier molecular flexibility index (Phi) is 3.88. The SMILES string of the molecule is CCc1ccc(Cn2cnc(CNC)n2)cc1. The standard InChI is InChI=1S/C13H18N4/c1-3-11-4-6-12(7-5-11)9-17-10-15-13(16-17)8-14-2/h4-7,10,14H,3,8-9H2,1-2H3. The summed E-state index contributed by atoms with van der Waals surface area (Å²) in [4.78, 5) is 4.23. The van der Waals surface area contributed by atoms with Crippen LogP contribution in [-0.4, -0.2) is 21.8 Å². The van der Waals surface area contributed by atoms with Gasteiger partial charge < -0.3 is 5.32 Å². The molecule has 0 unspecified atom stereocenters. The van der Waals surface area contributed by atoms with Crippen molar-refractivity contribution in [3.8, 4) is 0 Å². The Morgan fingerprint density at radius 3 is 2.53 bits per heavy atom. The van der Waals surface area contributed by atoms with Crippen LogP contribution in [0.2, 0.25) is 0 Å². The van der Waals surface area contributed by atoms with E-state index in [9.17, 15) is 0 Å². The van der Waals surface area contributed by atoms with Gasteiger partial charge in [0.25, 0.3) is 0 Å². The predicted octanol–water partition coefficient (Wildman–Crippen LogP) is 1.61. The second-order valence-corrected chi connectivity index (χ2v) is 4.06. The minimum atomic E-state index is 0.710. The Balaban J connectivity index is 2.03. The first-order chi connectivity index (χ1) is 8.31. The van der Waals surface area contributed by atoms with Crippen molar-refractivity contribution in [1.29, 1.82) is 0 Å². The summed E-state index contributed by atoms with van der Waals surface area (Å²) in [6.07, 6.45) is 2.86. The summed E-state index contributed by atoms with van der Waals surface area (Å²) in [7, 11) is 1.89. The summed E-state index contributed by atoms with van der Waals surface area (Å²) in [5.74, 6) is 0.831. The number of aryl methyl sites for hydroxylation is 1. The van der Waals surface area contributed by atoms with E-state index in [1.165, 1.54) is 11.1 Å². The lowest BCUT2D eigenvalue weighted by Crippen LogP contribution is -2.08. The third-order valence-electron chi connectivity index (χ3n) is 2.69. The molecule has 0 aliphatic carbocycles. The van der Waals surface area contributed by atoms with Gasteiger partial charge in [0.15, 0.2) is 5.82 Å². The average molecular weight is 230 g/mol. The first-order valence-corrected chi connectivity index (χ1v) is 5.92. The number of hydrogen-bond acceptors (Lipinski definition) is 3. The molecule has 0 aliphatic rings. The normalized spacial score (nSPS) is 10.7. The zero-order chi connectivity index (χ0) is 12.1. The number of benzene rings is 1. The van der Waals surface area contributed by atoms with Gasteiger partial charge in [-0.25, -0.2) is 9.67 Å². The molecule has 0 aliphatic heterocycles. The molecule has 2 rings (SSSR count). The number of hydrogen-bond donors (Lipinski definition) is 1. The van der Waals surface area contributed by atoms with E-state index in [0.717, 1.165) is 18.8 Å². The van der Waals surface area contributed by atoms with Crippen LogP contribution < -0.4 is 5.32 Å². The highest BCUT2D eigenvalue weighted by Gasteiger charge is 2.00. The summed E-state index contributed by atoms with van der Waals surface area (Å²) in [6, 6.07) is 8.64. The van der Waals surface area contributed by atoms with Crippen LogP contribution in [0.4, 0.5) is 0 Å². The topological polar surface area (TPSA) is 42.7 Å². The maximum atomic E-state index is 4.38. The van der Waals surface area contributed by atoms with E-state index < -0.39 is 0 Å². The minimum absolute atomic E-state index is 0.710. The highest BCUT2D eigenvalue weighted by atomic mass is 15.3. The average Bonchev–Trinajstić information content (AvgIpc) is 2.78. The van der Waals surface area contributed by atoms with E-state index in [1.54, 1.807) is 6.33 Å². The van der Waals surface area contributed by atoms with E-state index in [1.807, 2.05) is 11.7 Å². The van der Waals surface area contributed by atoms with Crippen molar-refractivity contribution in [3.05, 3.63) is 47.5 Å². The van der Waals surface area contributed by atoms with Crippen molar-refractivity contribution in [2.24, 2.45) is 0 Å². The Labute approximate surface area is 102 Å². The summed E-state index contributed by atoms with van der Waals surface area (Å²) in [6.45, 7) is 3.65. The molecule has 17 heavy (non-hydrogen) atoms. The summed E-state index contributed by atoms with van der Waals surface area (Å²) < 4.78 is 1.87. The largest absolute Gasteiger partial charge is 0.313 e. The zero-order valence-corrected chi connectivity index (χ0v) is 10.3. The van der Waals surface area contributed by atoms with Crippen LogP contribution >= 0.6 is 0 Å². The molecule has 0 amide bonds. The highest BCUT2D eigenvalue weighted by molar-refractivity contribution is 5.22. The van der Waals surface area contributed by atoms with E-state index in [4.69, 9.17) is 0 Å². The molecular weight excluding hydrogens is 212 g/mol. The van der Waals surface area contributed by atoms with E-state index >= 15 is 0 Å². The van der Waals surface area contributed by atoms with Crippen molar-refractivity contribution in [3.63, 3.8) is 0 Å². The van der Waals surface area contributed by atoms with Gasteiger partial charge in [-0.1, -0.05) is 31.2 Å². The van der Waals surface area contributed by atoms with E-state index in [0.29, 0.717) is 6.54 Å². The van der Waals surface area contributed by atoms with Gasteiger partial charge in [0.05, 0.1) is 13.1 Å². The van der Waals surface area contributed by atoms with Crippen LogP contribution in [0, 0.1) is 0 Å².